The molecule has 8 fully saturated rings. The molecule has 0 aromatic heterocycles. The predicted molar refractivity (Wildman–Crippen MR) is 76.8 cm³/mol. The molecule has 6 bridgehead atoms. The summed E-state index contributed by atoms with van der Waals surface area (Å²) in [6.07, 6.45) is 7.20. The van der Waals surface area contributed by atoms with E-state index in [1.54, 1.807) is 12.8 Å². The zero-order chi connectivity index (χ0) is 13.2. The molecule has 0 aromatic rings. The van der Waals surface area contributed by atoms with Crippen LogP contribution in [0.4, 0.5) is 0 Å². The van der Waals surface area contributed by atoms with Gasteiger partial charge in [0.05, 0.1) is 6.54 Å². The minimum atomic E-state index is 0.353. The van der Waals surface area contributed by atoms with Crippen LogP contribution in [0, 0.1) is 69.5 Å². The summed E-state index contributed by atoms with van der Waals surface area (Å²) in [5.74, 6) is 10.5. The molecule has 2 heteroatoms. The molecular weight excluding hydrogens is 246 g/mol. The van der Waals surface area contributed by atoms with Crippen molar-refractivity contribution in [1.29, 1.82) is 0 Å². The molecule has 108 valence electrons. The van der Waals surface area contributed by atoms with Gasteiger partial charge in [-0.25, -0.2) is 0 Å². The van der Waals surface area contributed by atoms with Gasteiger partial charge in [0.15, 0.2) is 0 Å². The first kappa shape index (κ1) is 11.2. The third-order valence-corrected chi connectivity index (χ3v) is 9.23. The first-order valence-corrected chi connectivity index (χ1v) is 9.04. The van der Waals surface area contributed by atoms with E-state index in [1.807, 2.05) is 0 Å². The molecule has 0 radical (unpaired) electrons. The zero-order valence-corrected chi connectivity index (χ0v) is 12.4. The Kier molecular flexibility index (Phi) is 1.78. The van der Waals surface area contributed by atoms with E-state index in [2.05, 4.69) is 12.1 Å². The molecule has 0 amide bonds. The van der Waals surface area contributed by atoms with Gasteiger partial charge in [0.2, 0.25) is 0 Å². The smallest absolute Gasteiger partial charge is 0.0870 e. The Hall–Kier alpha value is -0.400. The van der Waals surface area contributed by atoms with Gasteiger partial charge in [-0.15, -0.1) is 0 Å². The fraction of sp³-hybridized carbons (Fsp3) is 1.00. The summed E-state index contributed by atoms with van der Waals surface area (Å²) in [7, 11) is 0. The second-order valence-corrected chi connectivity index (χ2v) is 9.42. The highest BCUT2D eigenvalue weighted by Crippen LogP contribution is 2.83. The van der Waals surface area contributed by atoms with Crippen molar-refractivity contribution >= 4 is 0 Å². The summed E-state index contributed by atoms with van der Waals surface area (Å²) in [6.45, 7) is 3.15. The SMILES string of the molecule is CC1CC2(CN=O)CCC2[C@@H]2C3C4CC5CC5[C@H]2C3C14. The van der Waals surface area contributed by atoms with E-state index in [0.29, 0.717) is 12.0 Å². The molecule has 0 heterocycles. The molecule has 2 nitrogen and oxygen atoms in total. The minimum absolute atomic E-state index is 0.353. The van der Waals surface area contributed by atoms with Crippen LogP contribution in [-0.2, 0) is 0 Å². The average Bonchev–Trinajstić information content (AvgIpc) is 3.12. The van der Waals surface area contributed by atoms with Crippen molar-refractivity contribution in [1.82, 2.24) is 0 Å². The molecular formula is C18H25NO. The number of nitroso groups, excluding NO2 is 1. The molecule has 0 saturated heterocycles. The summed E-state index contributed by atoms with van der Waals surface area (Å²) >= 11 is 0. The lowest BCUT2D eigenvalue weighted by Gasteiger charge is -2.76. The topological polar surface area (TPSA) is 29.4 Å². The molecule has 0 N–H and O–H groups in total. The third-order valence-electron chi connectivity index (χ3n) is 9.23. The van der Waals surface area contributed by atoms with E-state index in [9.17, 15) is 4.91 Å². The zero-order valence-electron chi connectivity index (χ0n) is 12.4. The molecule has 0 spiro atoms. The Morgan fingerprint density at radius 3 is 2.60 bits per heavy atom. The van der Waals surface area contributed by atoms with Crippen LogP contribution in [0.5, 0.6) is 0 Å². The quantitative estimate of drug-likeness (QED) is 0.699. The molecule has 8 aliphatic rings. The average molecular weight is 271 g/mol. The van der Waals surface area contributed by atoms with Crippen molar-refractivity contribution in [3.05, 3.63) is 4.91 Å². The van der Waals surface area contributed by atoms with Crippen LogP contribution in [0.15, 0.2) is 5.18 Å². The molecule has 8 aliphatic carbocycles. The maximum atomic E-state index is 11.0. The molecule has 9 unspecified atom stereocenters. The summed E-state index contributed by atoms with van der Waals surface area (Å²) in [4.78, 5) is 11.0. The fourth-order valence-electron chi connectivity index (χ4n) is 8.69. The molecule has 0 aliphatic heterocycles. The van der Waals surface area contributed by atoms with Crippen molar-refractivity contribution in [2.24, 2.45) is 69.8 Å². The van der Waals surface area contributed by atoms with E-state index in [-0.39, 0.29) is 0 Å². The highest BCUT2D eigenvalue weighted by molar-refractivity contribution is 5.25. The molecule has 8 rings (SSSR count). The Balaban J connectivity index is 1.45. The highest BCUT2D eigenvalue weighted by Gasteiger charge is 2.78. The molecule has 11 atom stereocenters. The van der Waals surface area contributed by atoms with Crippen LogP contribution >= 0.6 is 0 Å². The normalized spacial score (nSPS) is 70.8. The Labute approximate surface area is 121 Å². The Bertz CT molecular complexity index is 498. The van der Waals surface area contributed by atoms with E-state index in [0.717, 1.165) is 59.2 Å². The molecule has 0 aromatic carbocycles. The van der Waals surface area contributed by atoms with Crippen LogP contribution in [0.25, 0.3) is 0 Å². The number of rotatable bonds is 2. The van der Waals surface area contributed by atoms with Crippen LogP contribution in [0.3, 0.4) is 0 Å². The van der Waals surface area contributed by atoms with Crippen molar-refractivity contribution < 1.29 is 0 Å². The first-order chi connectivity index (χ1) is 9.75. The number of hydrogen-bond donors (Lipinski definition) is 0. The number of nitrogens with zero attached hydrogens (tertiary/aromatic N) is 1. The van der Waals surface area contributed by atoms with Crippen molar-refractivity contribution in [3.63, 3.8) is 0 Å². The van der Waals surface area contributed by atoms with Crippen LogP contribution in [0.1, 0.15) is 39.0 Å². The summed E-state index contributed by atoms with van der Waals surface area (Å²) in [5.41, 5.74) is 0.353. The maximum absolute atomic E-state index is 11.0. The lowest BCUT2D eigenvalue weighted by atomic mass is 9.28. The van der Waals surface area contributed by atoms with Gasteiger partial charge in [0, 0.05) is 0 Å². The summed E-state index contributed by atoms with van der Waals surface area (Å²) < 4.78 is 0. The summed E-state index contributed by atoms with van der Waals surface area (Å²) in [5, 5.41) is 3.40. The Morgan fingerprint density at radius 1 is 1.05 bits per heavy atom. The van der Waals surface area contributed by atoms with E-state index < -0.39 is 0 Å². The number of hydrogen-bond acceptors (Lipinski definition) is 2. The minimum Gasteiger partial charge on any atom is -0.151 e. The standard InChI is InChI=1S/C18H25NO/c1-8-6-18(7-19-20)3-2-12(18)16-14-10-4-9(10)5-11-13(8)17(14)15(11)16/h8-17H,2-7H2,1H3/t8?,9?,10?,11?,12?,13?,14-,15?,16+,17?,18?/m1/s1. The van der Waals surface area contributed by atoms with Crippen molar-refractivity contribution in [2.75, 3.05) is 6.54 Å². The number of fused-ring (bicyclic) bond motifs is 1. The van der Waals surface area contributed by atoms with Crippen molar-refractivity contribution in [2.45, 2.75) is 39.0 Å². The van der Waals surface area contributed by atoms with Gasteiger partial charge >= 0.3 is 0 Å². The van der Waals surface area contributed by atoms with Gasteiger partial charge in [-0.2, -0.15) is 4.91 Å². The lowest BCUT2D eigenvalue weighted by molar-refractivity contribution is -0.287. The van der Waals surface area contributed by atoms with E-state index in [4.69, 9.17) is 0 Å². The maximum Gasteiger partial charge on any atom is 0.0870 e. The molecule has 20 heavy (non-hydrogen) atoms. The lowest BCUT2D eigenvalue weighted by Crippen LogP contribution is -2.72. The van der Waals surface area contributed by atoms with Crippen LogP contribution in [-0.4, -0.2) is 6.54 Å². The van der Waals surface area contributed by atoms with E-state index in [1.165, 1.54) is 19.3 Å². The first-order valence-electron chi connectivity index (χ1n) is 9.04. The fourth-order valence-corrected chi connectivity index (χ4v) is 8.69. The monoisotopic (exact) mass is 271 g/mol. The largest absolute Gasteiger partial charge is 0.151 e. The van der Waals surface area contributed by atoms with Gasteiger partial charge in [0.25, 0.3) is 0 Å². The second-order valence-electron chi connectivity index (χ2n) is 9.42. The van der Waals surface area contributed by atoms with Gasteiger partial charge in [-0.1, -0.05) is 12.1 Å². The van der Waals surface area contributed by atoms with Gasteiger partial charge in [-0.3, -0.25) is 0 Å². The van der Waals surface area contributed by atoms with Crippen LogP contribution < -0.4 is 0 Å². The highest BCUT2D eigenvalue weighted by atomic mass is 16.3. The summed E-state index contributed by atoms with van der Waals surface area (Å²) in [6, 6.07) is 0. The van der Waals surface area contributed by atoms with Gasteiger partial charge < -0.3 is 0 Å². The van der Waals surface area contributed by atoms with Gasteiger partial charge in [-0.05, 0) is 96.7 Å². The Morgan fingerprint density at radius 2 is 1.85 bits per heavy atom. The van der Waals surface area contributed by atoms with E-state index >= 15 is 0 Å². The van der Waals surface area contributed by atoms with Crippen molar-refractivity contribution in [3.8, 4) is 0 Å². The molecule has 8 saturated carbocycles. The predicted octanol–water partition coefficient (Wildman–Crippen LogP) is 3.95. The third kappa shape index (κ3) is 0.973. The van der Waals surface area contributed by atoms with Gasteiger partial charge in [0.1, 0.15) is 0 Å². The van der Waals surface area contributed by atoms with Crippen LogP contribution in [0.2, 0.25) is 0 Å². The second kappa shape index (κ2) is 3.17.